The van der Waals surface area contributed by atoms with E-state index in [1.807, 2.05) is 0 Å². The number of thioether (sulfide) groups is 1. The Balaban J connectivity index is 2.36. The molecule has 1 fully saturated rings. The van der Waals surface area contributed by atoms with E-state index in [1.165, 1.54) is 11.8 Å². The van der Waals surface area contributed by atoms with Crippen molar-refractivity contribution in [2.75, 3.05) is 13.7 Å². The minimum Gasteiger partial charge on any atom is -0.395 e. The van der Waals surface area contributed by atoms with Gasteiger partial charge in [-0.3, -0.25) is 0 Å². The molecule has 1 saturated heterocycles. The Morgan fingerprint density at radius 1 is 1.70 bits per heavy atom. The molecular formula is C6H12O3S. The summed E-state index contributed by atoms with van der Waals surface area (Å²) in [6, 6.07) is 0. The monoisotopic (exact) mass is 164 g/mol. The average Bonchev–Trinajstić information content (AvgIpc) is 2.30. The van der Waals surface area contributed by atoms with Crippen LogP contribution in [0.2, 0.25) is 0 Å². The number of aliphatic hydroxyl groups is 2. The number of methoxy groups -OCH3 is 1. The van der Waals surface area contributed by atoms with Crippen LogP contribution in [0.1, 0.15) is 6.42 Å². The molecule has 2 N–H and O–H groups in total. The fourth-order valence-corrected chi connectivity index (χ4v) is 2.19. The maximum atomic E-state index is 9.23. The van der Waals surface area contributed by atoms with Crippen LogP contribution in [0.5, 0.6) is 0 Å². The van der Waals surface area contributed by atoms with Crippen molar-refractivity contribution in [2.24, 2.45) is 0 Å². The van der Waals surface area contributed by atoms with E-state index in [0.29, 0.717) is 6.42 Å². The van der Waals surface area contributed by atoms with Gasteiger partial charge < -0.3 is 14.9 Å². The first-order valence-electron chi connectivity index (χ1n) is 3.25. The quantitative estimate of drug-likeness (QED) is 0.594. The van der Waals surface area contributed by atoms with Gasteiger partial charge in [-0.15, -0.1) is 11.8 Å². The molecule has 0 unspecified atom stereocenters. The van der Waals surface area contributed by atoms with Gasteiger partial charge in [-0.05, 0) is 0 Å². The molecule has 0 spiro atoms. The van der Waals surface area contributed by atoms with Crippen molar-refractivity contribution in [1.82, 2.24) is 0 Å². The molecule has 0 radical (unpaired) electrons. The second-order valence-corrected chi connectivity index (χ2v) is 3.73. The zero-order valence-electron chi connectivity index (χ0n) is 5.86. The topological polar surface area (TPSA) is 49.7 Å². The minimum atomic E-state index is -0.403. The maximum absolute atomic E-state index is 9.23. The minimum absolute atomic E-state index is 0.0334. The summed E-state index contributed by atoms with van der Waals surface area (Å²) in [6.07, 6.45) is 0.229. The van der Waals surface area contributed by atoms with E-state index in [0.717, 1.165) is 0 Å². The normalized spacial score (nSPS) is 40.5. The molecule has 0 aliphatic carbocycles. The summed E-state index contributed by atoms with van der Waals surface area (Å²) in [4.78, 5) is 0. The highest BCUT2D eigenvalue weighted by Crippen LogP contribution is 2.33. The lowest BCUT2D eigenvalue weighted by Crippen LogP contribution is -2.20. The van der Waals surface area contributed by atoms with Crippen LogP contribution in [-0.4, -0.2) is 40.7 Å². The number of ether oxygens (including phenoxy) is 1. The molecular weight excluding hydrogens is 152 g/mol. The number of rotatable bonds is 2. The SMILES string of the molecule is CO[C@@H]1C[C@H](O)[C@@H](CO)S1. The first kappa shape index (κ1) is 8.33. The summed E-state index contributed by atoms with van der Waals surface area (Å²) in [5.41, 5.74) is 0.0622. The van der Waals surface area contributed by atoms with Gasteiger partial charge in [0.2, 0.25) is 0 Å². The Morgan fingerprint density at radius 2 is 2.40 bits per heavy atom. The predicted molar refractivity (Wildman–Crippen MR) is 39.9 cm³/mol. The van der Waals surface area contributed by atoms with Crippen LogP contribution in [0.4, 0.5) is 0 Å². The molecule has 0 aromatic carbocycles. The van der Waals surface area contributed by atoms with Gasteiger partial charge >= 0.3 is 0 Å². The van der Waals surface area contributed by atoms with Crippen molar-refractivity contribution in [3.05, 3.63) is 0 Å². The molecule has 3 atom stereocenters. The van der Waals surface area contributed by atoms with Gasteiger partial charge in [0.25, 0.3) is 0 Å². The molecule has 60 valence electrons. The molecule has 10 heavy (non-hydrogen) atoms. The Bertz CT molecular complexity index is 109. The lowest BCUT2D eigenvalue weighted by atomic mass is 10.2. The smallest absolute Gasteiger partial charge is 0.105 e. The summed E-state index contributed by atoms with van der Waals surface area (Å²) in [5, 5.41) is 17.9. The van der Waals surface area contributed by atoms with E-state index in [2.05, 4.69) is 0 Å². The zero-order valence-corrected chi connectivity index (χ0v) is 6.67. The zero-order chi connectivity index (χ0) is 7.56. The summed E-state index contributed by atoms with van der Waals surface area (Å²) in [5.74, 6) is 0. The second kappa shape index (κ2) is 3.57. The third-order valence-corrected chi connectivity index (χ3v) is 3.13. The molecule has 1 heterocycles. The van der Waals surface area contributed by atoms with Gasteiger partial charge in [-0.1, -0.05) is 0 Å². The highest BCUT2D eigenvalue weighted by atomic mass is 32.2. The summed E-state index contributed by atoms with van der Waals surface area (Å²) < 4.78 is 5.01. The van der Waals surface area contributed by atoms with Gasteiger partial charge in [0.05, 0.1) is 18.0 Å². The van der Waals surface area contributed by atoms with E-state index < -0.39 is 6.10 Å². The van der Waals surface area contributed by atoms with Crippen molar-refractivity contribution >= 4 is 11.8 Å². The molecule has 4 heteroatoms. The van der Waals surface area contributed by atoms with E-state index in [4.69, 9.17) is 9.84 Å². The van der Waals surface area contributed by atoms with Crippen LogP contribution in [-0.2, 0) is 4.74 Å². The highest BCUT2D eigenvalue weighted by Gasteiger charge is 2.32. The Morgan fingerprint density at radius 3 is 2.70 bits per heavy atom. The van der Waals surface area contributed by atoms with Crippen molar-refractivity contribution in [1.29, 1.82) is 0 Å². The lowest BCUT2D eigenvalue weighted by molar-refractivity contribution is 0.0982. The highest BCUT2D eigenvalue weighted by molar-refractivity contribution is 8.00. The Hall–Kier alpha value is 0.230. The largest absolute Gasteiger partial charge is 0.395 e. The molecule has 0 saturated carbocycles. The standard InChI is InChI=1S/C6H12O3S/c1-9-6-2-4(8)5(3-7)10-6/h4-8H,2-3H2,1H3/t4-,5+,6-/m0/s1. The van der Waals surface area contributed by atoms with Crippen molar-refractivity contribution in [3.8, 4) is 0 Å². The van der Waals surface area contributed by atoms with E-state index in [-0.39, 0.29) is 17.3 Å². The number of hydrogen-bond acceptors (Lipinski definition) is 4. The molecule has 0 amide bonds. The van der Waals surface area contributed by atoms with Crippen LogP contribution in [0.25, 0.3) is 0 Å². The molecule has 1 aliphatic rings. The van der Waals surface area contributed by atoms with Crippen molar-refractivity contribution < 1.29 is 14.9 Å². The van der Waals surface area contributed by atoms with Crippen LogP contribution in [0.15, 0.2) is 0 Å². The molecule has 0 aromatic heterocycles. The van der Waals surface area contributed by atoms with Crippen molar-refractivity contribution in [2.45, 2.75) is 23.2 Å². The Kier molecular flexibility index (Phi) is 2.97. The number of aliphatic hydroxyl groups excluding tert-OH is 2. The fourth-order valence-electron chi connectivity index (χ4n) is 1.01. The molecule has 3 nitrogen and oxygen atoms in total. The van der Waals surface area contributed by atoms with Gasteiger partial charge in [0.15, 0.2) is 0 Å². The van der Waals surface area contributed by atoms with Crippen LogP contribution >= 0.6 is 11.8 Å². The van der Waals surface area contributed by atoms with Crippen LogP contribution in [0, 0.1) is 0 Å². The molecule has 0 bridgehead atoms. The first-order chi connectivity index (χ1) is 4.77. The summed E-state index contributed by atoms with van der Waals surface area (Å²) in [7, 11) is 1.62. The molecule has 0 aromatic rings. The van der Waals surface area contributed by atoms with E-state index in [1.54, 1.807) is 7.11 Å². The van der Waals surface area contributed by atoms with Crippen molar-refractivity contribution in [3.63, 3.8) is 0 Å². The maximum Gasteiger partial charge on any atom is 0.105 e. The third-order valence-electron chi connectivity index (χ3n) is 1.63. The summed E-state index contributed by atoms with van der Waals surface area (Å²) in [6.45, 7) is 0.0334. The van der Waals surface area contributed by atoms with Gasteiger partial charge in [0.1, 0.15) is 5.44 Å². The van der Waals surface area contributed by atoms with Gasteiger partial charge in [-0.2, -0.15) is 0 Å². The van der Waals surface area contributed by atoms with E-state index >= 15 is 0 Å². The second-order valence-electron chi connectivity index (χ2n) is 2.33. The van der Waals surface area contributed by atoms with E-state index in [9.17, 15) is 5.11 Å². The van der Waals surface area contributed by atoms with Gasteiger partial charge in [-0.25, -0.2) is 0 Å². The summed E-state index contributed by atoms with van der Waals surface area (Å²) >= 11 is 1.50. The third kappa shape index (κ3) is 1.63. The van der Waals surface area contributed by atoms with Crippen LogP contribution in [0.3, 0.4) is 0 Å². The molecule has 1 rings (SSSR count). The number of hydrogen-bond donors (Lipinski definition) is 2. The fraction of sp³-hybridized carbons (Fsp3) is 1.00. The predicted octanol–water partition coefficient (Wildman–Crippen LogP) is -0.182. The lowest BCUT2D eigenvalue weighted by Gasteiger charge is -2.07. The van der Waals surface area contributed by atoms with Gasteiger partial charge in [0, 0.05) is 13.5 Å². The first-order valence-corrected chi connectivity index (χ1v) is 4.19. The van der Waals surface area contributed by atoms with Crippen LogP contribution < -0.4 is 0 Å². The Labute approximate surface area is 64.4 Å². The molecule has 1 aliphatic heterocycles. The average molecular weight is 164 g/mol.